The first-order chi connectivity index (χ1) is 20.5. The highest BCUT2D eigenvalue weighted by atomic mass is 19.3. The summed E-state index contributed by atoms with van der Waals surface area (Å²) in [4.78, 5) is 45.0. The van der Waals surface area contributed by atoms with Crippen LogP contribution in [0, 0.1) is 17.8 Å². The quantitative estimate of drug-likeness (QED) is 0.503. The number of carbonyl (C=O) groups is 3. The largest absolute Gasteiger partial charge is 0.490 e. The highest BCUT2D eigenvalue weighted by Crippen LogP contribution is 2.43. The summed E-state index contributed by atoms with van der Waals surface area (Å²) in [6.07, 6.45) is 2.16. The van der Waals surface area contributed by atoms with Crippen LogP contribution in [-0.2, 0) is 20.2 Å². The van der Waals surface area contributed by atoms with Crippen LogP contribution in [0.15, 0.2) is 24.3 Å². The van der Waals surface area contributed by atoms with E-state index < -0.39 is 42.4 Å². The summed E-state index contributed by atoms with van der Waals surface area (Å²) in [5, 5.41) is 3.07. The van der Waals surface area contributed by atoms with Crippen molar-refractivity contribution >= 4 is 28.7 Å². The third-order valence-electron chi connectivity index (χ3n) is 9.03. The van der Waals surface area contributed by atoms with E-state index in [2.05, 4.69) is 10.3 Å². The molecule has 1 aromatic carbocycles. The second-order valence-corrected chi connectivity index (χ2v) is 12.8. The summed E-state index contributed by atoms with van der Waals surface area (Å²) in [6, 6.07) is 5.84. The van der Waals surface area contributed by atoms with Gasteiger partial charge in [0, 0.05) is 29.7 Å². The normalized spacial score (nSPS) is 29.4. The molecule has 2 aliphatic carbocycles. The Morgan fingerprint density at radius 2 is 1.91 bits per heavy atom. The molecular weight excluding hydrogens is 560 g/mol. The Bertz CT molecular complexity index is 1410. The molecule has 9 nitrogen and oxygen atoms in total. The molecule has 0 spiro atoms. The van der Waals surface area contributed by atoms with Gasteiger partial charge in [-0.15, -0.1) is 0 Å². The molecule has 3 fully saturated rings. The van der Waals surface area contributed by atoms with Gasteiger partial charge in [-0.05, 0) is 56.2 Å². The van der Waals surface area contributed by atoms with Gasteiger partial charge < -0.3 is 24.4 Å². The first-order valence-corrected chi connectivity index (χ1v) is 15.4. The summed E-state index contributed by atoms with van der Waals surface area (Å²) < 4.78 is 49.5. The lowest BCUT2D eigenvalue weighted by Gasteiger charge is -2.27. The molecule has 2 amide bonds. The van der Waals surface area contributed by atoms with Crippen LogP contribution in [0.4, 0.5) is 13.6 Å². The zero-order chi connectivity index (χ0) is 30.5. The number of halogens is 2. The van der Waals surface area contributed by atoms with Gasteiger partial charge in [0.05, 0.1) is 29.8 Å². The lowest BCUT2D eigenvalue weighted by atomic mass is 9.91. The van der Waals surface area contributed by atoms with Gasteiger partial charge in [0.25, 0.3) is 5.92 Å². The van der Waals surface area contributed by atoms with Crippen LogP contribution < -0.4 is 14.8 Å². The number of ether oxygens (including phenoxy) is 3. The van der Waals surface area contributed by atoms with Crippen LogP contribution in [0.5, 0.6) is 11.6 Å². The lowest BCUT2D eigenvalue weighted by molar-refractivity contribution is -0.138. The number of fused-ring (bicyclic) bond motifs is 5. The molecule has 0 unspecified atom stereocenters. The van der Waals surface area contributed by atoms with Crippen LogP contribution in [0.2, 0.25) is 0 Å². The van der Waals surface area contributed by atoms with Crippen LogP contribution in [-0.4, -0.2) is 65.1 Å². The van der Waals surface area contributed by atoms with E-state index in [1.165, 1.54) is 11.0 Å². The zero-order valence-electron chi connectivity index (χ0n) is 24.8. The van der Waals surface area contributed by atoms with Crippen molar-refractivity contribution < 1.29 is 37.4 Å². The number of Topliss-reactive ketones (excluding diaryl/α,β-unsaturated/α-hetero) is 1. The molecule has 0 radical (unpaired) electrons. The van der Waals surface area contributed by atoms with Crippen LogP contribution >= 0.6 is 0 Å². The predicted molar refractivity (Wildman–Crippen MR) is 153 cm³/mol. The number of amides is 2. The zero-order valence-corrected chi connectivity index (χ0v) is 24.8. The maximum Gasteiger partial charge on any atom is 0.407 e. The third-order valence-corrected chi connectivity index (χ3v) is 9.03. The number of hydrogen-bond donors (Lipinski definition) is 1. The van der Waals surface area contributed by atoms with E-state index in [1.807, 2.05) is 0 Å². The number of alkyl halides is 2. The molecule has 11 heteroatoms. The van der Waals surface area contributed by atoms with Gasteiger partial charge in [-0.25, -0.2) is 18.6 Å². The molecule has 3 heterocycles. The number of aromatic nitrogens is 1. The van der Waals surface area contributed by atoms with E-state index in [1.54, 1.807) is 39.0 Å². The van der Waals surface area contributed by atoms with Crippen molar-refractivity contribution in [3.8, 4) is 11.6 Å². The van der Waals surface area contributed by atoms with E-state index in [0.29, 0.717) is 35.9 Å². The molecule has 1 aromatic heterocycles. The molecule has 2 saturated carbocycles. The molecule has 2 aliphatic heterocycles. The Morgan fingerprint density at radius 3 is 2.65 bits per heavy atom. The molecule has 5 atom stereocenters. The fraction of sp³-hybridized carbons (Fsp3) is 0.625. The number of benzene rings is 1. The van der Waals surface area contributed by atoms with Crippen molar-refractivity contribution in [3.05, 3.63) is 29.8 Å². The Kier molecular flexibility index (Phi) is 7.93. The number of nitrogens with zero attached hydrogens (tertiary/aromatic N) is 2. The number of rotatable bonds is 4. The third kappa shape index (κ3) is 6.40. The first kappa shape index (κ1) is 29.6. The molecule has 2 bridgehead atoms. The minimum absolute atomic E-state index is 0.0138. The smallest absolute Gasteiger partial charge is 0.407 e. The molecule has 6 rings (SSSR count). The number of alkyl carbamates (subject to hydrolysis) is 1. The monoisotopic (exact) mass is 599 g/mol. The van der Waals surface area contributed by atoms with Crippen molar-refractivity contribution in [2.75, 3.05) is 13.1 Å². The van der Waals surface area contributed by atoms with E-state index in [9.17, 15) is 14.4 Å². The van der Waals surface area contributed by atoms with Gasteiger partial charge in [-0.1, -0.05) is 27.2 Å². The molecular formula is C32H39F2N3O6. The summed E-state index contributed by atoms with van der Waals surface area (Å²) in [5.74, 6) is -4.22. The van der Waals surface area contributed by atoms with E-state index in [-0.39, 0.29) is 60.8 Å². The van der Waals surface area contributed by atoms with E-state index in [4.69, 9.17) is 14.2 Å². The summed E-state index contributed by atoms with van der Waals surface area (Å²) in [6.45, 7) is 4.92. The van der Waals surface area contributed by atoms with Gasteiger partial charge in [-0.3, -0.25) is 9.59 Å². The van der Waals surface area contributed by atoms with Crippen LogP contribution in [0.3, 0.4) is 0 Å². The highest BCUT2D eigenvalue weighted by molar-refractivity contribution is 5.92. The number of hydrogen-bond acceptors (Lipinski definition) is 7. The second kappa shape index (κ2) is 11.5. The van der Waals surface area contributed by atoms with Gasteiger partial charge in [-0.2, -0.15) is 0 Å². The molecule has 43 heavy (non-hydrogen) atoms. The van der Waals surface area contributed by atoms with Crippen molar-refractivity contribution in [1.29, 1.82) is 0 Å². The fourth-order valence-corrected chi connectivity index (χ4v) is 6.18. The highest BCUT2D eigenvalue weighted by Gasteiger charge is 2.48. The average molecular weight is 600 g/mol. The van der Waals surface area contributed by atoms with Gasteiger partial charge in [0.2, 0.25) is 11.8 Å². The van der Waals surface area contributed by atoms with E-state index >= 15 is 8.78 Å². The van der Waals surface area contributed by atoms with Crippen molar-refractivity contribution in [2.45, 2.75) is 96.0 Å². The first-order valence-electron chi connectivity index (χ1n) is 15.4. The van der Waals surface area contributed by atoms with Crippen molar-refractivity contribution in [2.24, 2.45) is 17.8 Å². The summed E-state index contributed by atoms with van der Waals surface area (Å²) in [5.41, 5.74) is 0.159. The van der Waals surface area contributed by atoms with Crippen LogP contribution in [0.25, 0.3) is 10.9 Å². The molecule has 232 valence electrons. The number of nitrogens with one attached hydrogen (secondary N) is 1. The van der Waals surface area contributed by atoms with Gasteiger partial charge in [0.15, 0.2) is 5.78 Å². The van der Waals surface area contributed by atoms with Crippen molar-refractivity contribution in [3.63, 3.8) is 0 Å². The minimum Gasteiger partial charge on any atom is -0.490 e. The summed E-state index contributed by atoms with van der Waals surface area (Å²) >= 11 is 0. The molecule has 1 saturated heterocycles. The van der Waals surface area contributed by atoms with Crippen molar-refractivity contribution in [1.82, 2.24) is 15.2 Å². The average Bonchev–Trinajstić information content (AvgIpc) is 3.89. The van der Waals surface area contributed by atoms with Gasteiger partial charge in [0.1, 0.15) is 24.5 Å². The Balaban J connectivity index is 1.36. The maximum atomic E-state index is 15.9. The number of ketones is 1. The number of carbonyl (C=O) groups excluding carboxylic acids is 3. The second-order valence-electron chi connectivity index (χ2n) is 12.8. The molecule has 2 aromatic rings. The SMILES string of the molecule is CC(C)C(=O)[C@@H]1[C@H](C)[C@@H]2CN1C(=O)CNC(=O)O[C@@H]1C[C@H]1CCCCC(F)(F)c1cc3ccc(OC4CC4)cc3nc1O2. The topological polar surface area (TPSA) is 107 Å². The van der Waals surface area contributed by atoms with Crippen LogP contribution in [0.1, 0.15) is 71.3 Å². The standard InChI is InChI=1S/C32H39F2N3O6/c1-17(2)29(39)28-18(3)26-16-37(28)27(38)15-35-31(40)43-25-13-20(25)6-4-5-11-32(33,34)23-12-19-7-8-22(41-21-9-10-21)14-24(19)36-30(23)42-26/h7-8,12,14,17-18,20-21,25-26,28H,4-6,9-11,13,15-16H2,1-3H3,(H,35,40)/t18-,20-,25-,26+,28+/m1/s1. The molecule has 4 aliphatic rings. The minimum atomic E-state index is -3.23. The van der Waals surface area contributed by atoms with E-state index in [0.717, 1.165) is 12.8 Å². The Morgan fingerprint density at radius 1 is 1.12 bits per heavy atom. The summed E-state index contributed by atoms with van der Waals surface area (Å²) in [7, 11) is 0. The fourth-order valence-electron chi connectivity index (χ4n) is 6.18. The van der Waals surface area contributed by atoms with Gasteiger partial charge >= 0.3 is 6.09 Å². The maximum absolute atomic E-state index is 15.9. The Hall–Kier alpha value is -3.50. The predicted octanol–water partition coefficient (Wildman–Crippen LogP) is 5.38. The Labute approximate surface area is 249 Å². The lowest BCUT2D eigenvalue weighted by Crippen LogP contribution is -2.48. The number of pyridine rings is 1. The molecule has 1 N–H and O–H groups in total.